The summed E-state index contributed by atoms with van der Waals surface area (Å²) >= 11 is 3.27. The third kappa shape index (κ3) is 2.34. The summed E-state index contributed by atoms with van der Waals surface area (Å²) in [5.41, 5.74) is 3.60. The van der Waals surface area contributed by atoms with Crippen molar-refractivity contribution in [3.8, 4) is 5.75 Å². The van der Waals surface area contributed by atoms with Gasteiger partial charge in [0.15, 0.2) is 0 Å². The highest BCUT2D eigenvalue weighted by Crippen LogP contribution is 2.23. The third-order valence-corrected chi connectivity index (χ3v) is 2.29. The molecule has 0 fully saturated rings. The first-order chi connectivity index (χ1) is 6.19. The van der Waals surface area contributed by atoms with Crippen LogP contribution >= 0.6 is 15.9 Å². The van der Waals surface area contributed by atoms with Crippen LogP contribution in [0.1, 0.15) is 16.7 Å². The second kappa shape index (κ2) is 4.47. The number of hydrogen-bond acceptors (Lipinski definition) is 1. The fourth-order valence-corrected chi connectivity index (χ4v) is 1.56. The molecule has 0 atom stereocenters. The van der Waals surface area contributed by atoms with E-state index in [0.29, 0.717) is 0 Å². The van der Waals surface area contributed by atoms with Crippen LogP contribution in [0, 0.1) is 13.8 Å². The van der Waals surface area contributed by atoms with Gasteiger partial charge in [-0.2, -0.15) is 0 Å². The highest BCUT2D eigenvalue weighted by atomic mass is 79.9. The van der Waals surface area contributed by atoms with Crippen molar-refractivity contribution in [1.29, 1.82) is 0 Å². The predicted octanol–water partition coefficient (Wildman–Crippen LogP) is 3.68. The number of benzene rings is 1. The van der Waals surface area contributed by atoms with Crippen LogP contribution in [0.25, 0.3) is 6.08 Å². The Kier molecular flexibility index (Phi) is 3.55. The third-order valence-electron chi connectivity index (χ3n) is 2.03. The highest BCUT2D eigenvalue weighted by molar-refractivity contribution is 9.11. The van der Waals surface area contributed by atoms with Gasteiger partial charge in [-0.1, -0.05) is 15.9 Å². The van der Waals surface area contributed by atoms with Gasteiger partial charge in [0.05, 0.1) is 7.11 Å². The number of hydrogen-bond donors (Lipinski definition) is 0. The standard InChI is InChI=1S/C11H13BrO/c1-8-7-11(13-3)9(2)6-10(8)4-5-12/h4-7H,1-3H3/b5-4+. The van der Waals surface area contributed by atoms with Crippen molar-refractivity contribution in [2.75, 3.05) is 7.11 Å². The minimum Gasteiger partial charge on any atom is -0.496 e. The van der Waals surface area contributed by atoms with Gasteiger partial charge in [-0.3, -0.25) is 0 Å². The Balaban J connectivity index is 3.20. The Morgan fingerprint density at radius 3 is 2.46 bits per heavy atom. The van der Waals surface area contributed by atoms with E-state index >= 15 is 0 Å². The zero-order valence-electron chi connectivity index (χ0n) is 8.10. The van der Waals surface area contributed by atoms with Crippen molar-refractivity contribution < 1.29 is 4.74 Å². The van der Waals surface area contributed by atoms with Crippen LogP contribution in [0.4, 0.5) is 0 Å². The Hall–Kier alpha value is -0.760. The van der Waals surface area contributed by atoms with Gasteiger partial charge in [0.2, 0.25) is 0 Å². The number of aryl methyl sites for hydroxylation is 2. The molecule has 0 saturated carbocycles. The minimum absolute atomic E-state index is 0.948. The maximum Gasteiger partial charge on any atom is 0.122 e. The molecule has 1 aromatic carbocycles. The monoisotopic (exact) mass is 240 g/mol. The van der Waals surface area contributed by atoms with Gasteiger partial charge in [0.25, 0.3) is 0 Å². The largest absolute Gasteiger partial charge is 0.496 e. The minimum atomic E-state index is 0.948. The average Bonchev–Trinajstić information content (AvgIpc) is 2.11. The second-order valence-electron chi connectivity index (χ2n) is 2.97. The van der Waals surface area contributed by atoms with E-state index in [0.717, 1.165) is 11.3 Å². The summed E-state index contributed by atoms with van der Waals surface area (Å²) in [6.07, 6.45) is 2.03. The van der Waals surface area contributed by atoms with Crippen molar-refractivity contribution in [2.24, 2.45) is 0 Å². The molecule has 2 heteroatoms. The van der Waals surface area contributed by atoms with Gasteiger partial charge in [-0.15, -0.1) is 0 Å². The topological polar surface area (TPSA) is 9.23 Å². The van der Waals surface area contributed by atoms with Crippen molar-refractivity contribution in [3.63, 3.8) is 0 Å². The highest BCUT2D eigenvalue weighted by Gasteiger charge is 2.01. The summed E-state index contributed by atoms with van der Waals surface area (Å²) < 4.78 is 5.22. The first-order valence-corrected chi connectivity index (χ1v) is 5.02. The zero-order valence-corrected chi connectivity index (χ0v) is 9.68. The van der Waals surface area contributed by atoms with Crippen LogP contribution in [0.2, 0.25) is 0 Å². The summed E-state index contributed by atoms with van der Waals surface area (Å²) in [6.45, 7) is 4.12. The number of halogens is 1. The first-order valence-electron chi connectivity index (χ1n) is 4.11. The van der Waals surface area contributed by atoms with Crippen molar-refractivity contribution in [2.45, 2.75) is 13.8 Å². The number of rotatable bonds is 2. The van der Waals surface area contributed by atoms with Gasteiger partial charge in [-0.25, -0.2) is 0 Å². The van der Waals surface area contributed by atoms with Crippen LogP contribution in [0.3, 0.4) is 0 Å². The Labute approximate surface area is 87.5 Å². The van der Waals surface area contributed by atoms with E-state index in [2.05, 4.69) is 35.0 Å². The van der Waals surface area contributed by atoms with Crippen molar-refractivity contribution in [1.82, 2.24) is 0 Å². The van der Waals surface area contributed by atoms with E-state index in [4.69, 9.17) is 4.74 Å². The zero-order chi connectivity index (χ0) is 9.84. The molecule has 1 aromatic rings. The lowest BCUT2D eigenvalue weighted by Gasteiger charge is -2.08. The van der Waals surface area contributed by atoms with Gasteiger partial charge in [0, 0.05) is 0 Å². The van der Waals surface area contributed by atoms with Gasteiger partial charge in [0.1, 0.15) is 5.75 Å². The van der Waals surface area contributed by atoms with Crippen LogP contribution < -0.4 is 4.74 Å². The smallest absolute Gasteiger partial charge is 0.122 e. The maximum absolute atomic E-state index is 5.22. The molecular formula is C11H13BrO. The molecule has 0 aliphatic heterocycles. The molecule has 0 heterocycles. The average molecular weight is 241 g/mol. The van der Waals surface area contributed by atoms with Gasteiger partial charge in [-0.05, 0) is 53.7 Å². The van der Waals surface area contributed by atoms with Crippen LogP contribution in [-0.2, 0) is 0 Å². The molecule has 0 bridgehead atoms. The maximum atomic E-state index is 5.22. The summed E-state index contributed by atoms with van der Waals surface area (Å²) in [5.74, 6) is 0.948. The number of ether oxygens (including phenoxy) is 1. The van der Waals surface area contributed by atoms with Crippen LogP contribution in [0.15, 0.2) is 17.1 Å². The van der Waals surface area contributed by atoms with Gasteiger partial charge >= 0.3 is 0 Å². The molecule has 1 rings (SSSR count). The Morgan fingerprint density at radius 2 is 1.92 bits per heavy atom. The molecule has 0 radical (unpaired) electrons. The van der Waals surface area contributed by atoms with Crippen LogP contribution in [0.5, 0.6) is 5.75 Å². The van der Waals surface area contributed by atoms with E-state index in [1.54, 1.807) is 7.11 Å². The quantitative estimate of drug-likeness (QED) is 0.767. The SMILES string of the molecule is COc1cc(C)c(/C=C/Br)cc1C. The lowest BCUT2D eigenvalue weighted by molar-refractivity contribution is 0.411. The number of methoxy groups -OCH3 is 1. The Morgan fingerprint density at radius 1 is 1.23 bits per heavy atom. The van der Waals surface area contributed by atoms with E-state index in [1.807, 2.05) is 18.0 Å². The molecule has 0 amide bonds. The molecule has 0 unspecified atom stereocenters. The van der Waals surface area contributed by atoms with Crippen molar-refractivity contribution >= 4 is 22.0 Å². The van der Waals surface area contributed by atoms with Gasteiger partial charge < -0.3 is 4.74 Å². The van der Waals surface area contributed by atoms with Crippen LogP contribution in [-0.4, -0.2) is 7.11 Å². The molecule has 0 aliphatic rings. The molecule has 0 saturated heterocycles. The fraction of sp³-hybridized carbons (Fsp3) is 0.273. The van der Waals surface area contributed by atoms with Crippen molar-refractivity contribution in [3.05, 3.63) is 33.8 Å². The normalized spacial score (nSPS) is 10.8. The van der Waals surface area contributed by atoms with E-state index in [1.165, 1.54) is 11.1 Å². The van der Waals surface area contributed by atoms with E-state index < -0.39 is 0 Å². The fourth-order valence-electron chi connectivity index (χ4n) is 1.28. The molecular weight excluding hydrogens is 228 g/mol. The summed E-state index contributed by atoms with van der Waals surface area (Å²) in [4.78, 5) is 1.86. The summed E-state index contributed by atoms with van der Waals surface area (Å²) in [7, 11) is 1.70. The molecule has 70 valence electrons. The summed E-state index contributed by atoms with van der Waals surface area (Å²) in [5, 5.41) is 0. The molecule has 0 N–H and O–H groups in total. The lowest BCUT2D eigenvalue weighted by Crippen LogP contribution is -1.90. The predicted molar refractivity (Wildman–Crippen MR) is 60.4 cm³/mol. The second-order valence-corrected chi connectivity index (χ2v) is 3.50. The Bertz CT molecular complexity index is 329. The summed E-state index contributed by atoms with van der Waals surface area (Å²) in [6, 6.07) is 4.17. The van der Waals surface area contributed by atoms with E-state index in [-0.39, 0.29) is 0 Å². The molecule has 0 aliphatic carbocycles. The molecule has 13 heavy (non-hydrogen) atoms. The first kappa shape index (κ1) is 10.3. The molecule has 1 nitrogen and oxygen atoms in total. The molecule has 0 spiro atoms. The molecule has 0 aromatic heterocycles. The lowest BCUT2D eigenvalue weighted by atomic mass is 10.0. The van der Waals surface area contributed by atoms with E-state index in [9.17, 15) is 0 Å².